The highest BCUT2D eigenvalue weighted by atomic mass is 19.2. The summed E-state index contributed by atoms with van der Waals surface area (Å²) in [5.74, 6) is -0.650. The second kappa shape index (κ2) is 5.41. The summed E-state index contributed by atoms with van der Waals surface area (Å²) < 4.78 is 35.5. The first-order valence-electron chi connectivity index (χ1n) is 5.43. The van der Waals surface area contributed by atoms with E-state index in [4.69, 9.17) is 9.84 Å². The maximum Gasteiger partial charge on any atom is 0.338 e. The number of alkyl halides is 2. The van der Waals surface area contributed by atoms with E-state index in [9.17, 15) is 13.6 Å². The monoisotopic (exact) mass is 258 g/mol. The minimum Gasteiger partial charge on any atom is -0.459 e. The standard InChI is InChI=1S/C12H12F2O4/c13-9-8(18-12(16)10(9)14)6-17-11(15)7-4-2-1-3-5-7/h1-5,8-10,12,16H,6H2/t8-,9-,10+,12+/m1/s1. The van der Waals surface area contributed by atoms with Gasteiger partial charge in [0, 0.05) is 0 Å². The van der Waals surface area contributed by atoms with E-state index in [-0.39, 0.29) is 0 Å². The van der Waals surface area contributed by atoms with E-state index in [1.165, 1.54) is 12.1 Å². The Labute approximate surface area is 102 Å². The first-order chi connectivity index (χ1) is 8.59. The molecule has 1 aromatic rings. The van der Waals surface area contributed by atoms with E-state index < -0.39 is 37.3 Å². The van der Waals surface area contributed by atoms with Crippen LogP contribution in [0.25, 0.3) is 0 Å². The lowest BCUT2D eigenvalue weighted by Gasteiger charge is -2.12. The van der Waals surface area contributed by atoms with Gasteiger partial charge in [0.15, 0.2) is 18.6 Å². The maximum absolute atomic E-state index is 13.2. The van der Waals surface area contributed by atoms with Crippen molar-refractivity contribution in [3.63, 3.8) is 0 Å². The average Bonchev–Trinajstić information content (AvgIpc) is 2.64. The van der Waals surface area contributed by atoms with Crippen molar-refractivity contribution in [2.45, 2.75) is 24.7 Å². The van der Waals surface area contributed by atoms with Crippen LogP contribution in [-0.2, 0) is 9.47 Å². The average molecular weight is 258 g/mol. The number of benzene rings is 1. The van der Waals surface area contributed by atoms with E-state index >= 15 is 0 Å². The molecular formula is C12H12F2O4. The molecule has 6 heteroatoms. The van der Waals surface area contributed by atoms with Crippen LogP contribution < -0.4 is 0 Å². The summed E-state index contributed by atoms with van der Waals surface area (Å²) >= 11 is 0. The lowest BCUT2D eigenvalue weighted by Crippen LogP contribution is -2.29. The molecule has 0 aliphatic carbocycles. The first-order valence-corrected chi connectivity index (χ1v) is 5.43. The third kappa shape index (κ3) is 2.65. The number of aliphatic hydroxyl groups is 1. The number of esters is 1. The van der Waals surface area contributed by atoms with E-state index in [2.05, 4.69) is 4.74 Å². The second-order valence-electron chi connectivity index (χ2n) is 3.92. The normalized spacial score (nSPS) is 31.3. The zero-order chi connectivity index (χ0) is 13.1. The smallest absolute Gasteiger partial charge is 0.338 e. The molecule has 0 saturated carbocycles. The summed E-state index contributed by atoms with van der Waals surface area (Å²) in [5, 5.41) is 8.94. The molecule has 0 radical (unpaired) electrons. The number of carbonyl (C=O) groups excluding carboxylic acids is 1. The summed E-state index contributed by atoms with van der Waals surface area (Å²) in [5.41, 5.74) is 0.309. The van der Waals surface area contributed by atoms with Crippen LogP contribution in [0.1, 0.15) is 10.4 Å². The number of hydrogen-bond acceptors (Lipinski definition) is 4. The summed E-state index contributed by atoms with van der Waals surface area (Å²) in [6.45, 7) is -0.438. The number of ether oxygens (including phenoxy) is 2. The van der Waals surface area contributed by atoms with Crippen molar-refractivity contribution in [1.82, 2.24) is 0 Å². The molecule has 0 amide bonds. The number of aliphatic hydroxyl groups excluding tert-OH is 1. The zero-order valence-corrected chi connectivity index (χ0v) is 9.33. The molecule has 1 heterocycles. The summed E-state index contributed by atoms with van der Waals surface area (Å²) in [6, 6.07) is 8.12. The fourth-order valence-corrected chi connectivity index (χ4v) is 1.64. The van der Waals surface area contributed by atoms with Crippen molar-refractivity contribution in [3.8, 4) is 0 Å². The van der Waals surface area contributed by atoms with E-state index in [1.807, 2.05) is 0 Å². The Morgan fingerprint density at radius 1 is 1.28 bits per heavy atom. The highest BCUT2D eigenvalue weighted by molar-refractivity contribution is 5.89. The largest absolute Gasteiger partial charge is 0.459 e. The van der Waals surface area contributed by atoms with Gasteiger partial charge < -0.3 is 14.6 Å². The molecule has 0 aromatic heterocycles. The molecule has 1 aliphatic rings. The van der Waals surface area contributed by atoms with Crippen LogP contribution >= 0.6 is 0 Å². The summed E-state index contributed by atoms with van der Waals surface area (Å²) in [7, 11) is 0. The van der Waals surface area contributed by atoms with Crippen LogP contribution in [0, 0.1) is 0 Å². The van der Waals surface area contributed by atoms with Gasteiger partial charge in [0.05, 0.1) is 5.56 Å². The van der Waals surface area contributed by atoms with Gasteiger partial charge in [0.1, 0.15) is 12.7 Å². The molecule has 2 rings (SSSR count). The van der Waals surface area contributed by atoms with Crippen LogP contribution in [0.3, 0.4) is 0 Å². The minimum atomic E-state index is -2.11. The van der Waals surface area contributed by atoms with Gasteiger partial charge in [0.2, 0.25) is 0 Å². The van der Waals surface area contributed by atoms with Gasteiger partial charge in [-0.2, -0.15) is 0 Å². The molecule has 18 heavy (non-hydrogen) atoms. The van der Waals surface area contributed by atoms with E-state index in [1.54, 1.807) is 18.2 Å². The maximum atomic E-state index is 13.2. The summed E-state index contributed by atoms with van der Waals surface area (Å²) in [4.78, 5) is 11.5. The van der Waals surface area contributed by atoms with Crippen molar-refractivity contribution in [3.05, 3.63) is 35.9 Å². The molecule has 0 spiro atoms. The topological polar surface area (TPSA) is 55.8 Å². The highest BCUT2D eigenvalue weighted by Gasteiger charge is 2.45. The van der Waals surface area contributed by atoms with Crippen LogP contribution in [0.2, 0.25) is 0 Å². The van der Waals surface area contributed by atoms with Gasteiger partial charge >= 0.3 is 5.97 Å². The van der Waals surface area contributed by atoms with Crippen molar-refractivity contribution < 1.29 is 28.2 Å². The Kier molecular flexibility index (Phi) is 3.88. The molecule has 0 unspecified atom stereocenters. The van der Waals surface area contributed by atoms with Crippen molar-refractivity contribution >= 4 is 5.97 Å². The van der Waals surface area contributed by atoms with E-state index in [0.717, 1.165) is 0 Å². The summed E-state index contributed by atoms with van der Waals surface area (Å²) in [6.07, 6.45) is -7.18. The van der Waals surface area contributed by atoms with Crippen molar-refractivity contribution in [2.24, 2.45) is 0 Å². The van der Waals surface area contributed by atoms with Gasteiger partial charge in [-0.05, 0) is 12.1 Å². The number of carbonyl (C=O) groups is 1. The van der Waals surface area contributed by atoms with Crippen LogP contribution in [0.15, 0.2) is 30.3 Å². The molecule has 98 valence electrons. The van der Waals surface area contributed by atoms with Gasteiger partial charge in [-0.15, -0.1) is 0 Å². The SMILES string of the molecule is O=C(OC[C@H]1O[C@H](O)[C@@H](F)[C@@H]1F)c1ccccc1. The Morgan fingerprint density at radius 2 is 1.94 bits per heavy atom. The van der Waals surface area contributed by atoms with Crippen LogP contribution in [0.4, 0.5) is 8.78 Å². The molecule has 1 aromatic carbocycles. The lowest BCUT2D eigenvalue weighted by atomic mass is 10.2. The van der Waals surface area contributed by atoms with Gasteiger partial charge in [0.25, 0.3) is 0 Å². The van der Waals surface area contributed by atoms with Gasteiger partial charge in [-0.3, -0.25) is 0 Å². The fourth-order valence-electron chi connectivity index (χ4n) is 1.64. The Balaban J connectivity index is 1.88. The predicted octanol–water partition coefficient (Wildman–Crippen LogP) is 1.24. The van der Waals surface area contributed by atoms with Crippen LogP contribution in [0.5, 0.6) is 0 Å². The molecule has 1 fully saturated rings. The molecule has 0 bridgehead atoms. The third-order valence-corrected chi connectivity index (χ3v) is 2.63. The van der Waals surface area contributed by atoms with Crippen molar-refractivity contribution in [1.29, 1.82) is 0 Å². The first kappa shape index (κ1) is 12.9. The predicted molar refractivity (Wildman–Crippen MR) is 57.4 cm³/mol. The Hall–Kier alpha value is -1.53. The minimum absolute atomic E-state index is 0.309. The number of hydrogen-bond donors (Lipinski definition) is 1. The molecule has 1 N–H and O–H groups in total. The molecule has 4 atom stereocenters. The third-order valence-electron chi connectivity index (χ3n) is 2.63. The van der Waals surface area contributed by atoms with Crippen LogP contribution in [-0.4, -0.2) is 42.4 Å². The number of halogens is 2. The zero-order valence-electron chi connectivity index (χ0n) is 9.33. The molecule has 1 aliphatic heterocycles. The quantitative estimate of drug-likeness (QED) is 0.829. The molecule has 4 nitrogen and oxygen atoms in total. The van der Waals surface area contributed by atoms with E-state index in [0.29, 0.717) is 5.56 Å². The van der Waals surface area contributed by atoms with Crippen molar-refractivity contribution in [2.75, 3.05) is 6.61 Å². The Morgan fingerprint density at radius 3 is 2.50 bits per heavy atom. The highest BCUT2D eigenvalue weighted by Crippen LogP contribution is 2.25. The molecule has 1 saturated heterocycles. The van der Waals surface area contributed by atoms with Gasteiger partial charge in [-0.25, -0.2) is 13.6 Å². The second-order valence-corrected chi connectivity index (χ2v) is 3.92. The van der Waals surface area contributed by atoms with Gasteiger partial charge in [-0.1, -0.05) is 18.2 Å². The lowest BCUT2D eigenvalue weighted by molar-refractivity contribution is -0.121. The Bertz CT molecular complexity index is 412. The molecular weight excluding hydrogens is 246 g/mol. The fraction of sp³-hybridized carbons (Fsp3) is 0.417. The number of rotatable bonds is 3.